The number of nitrogens with zero attached hydrogens (tertiary/aromatic N) is 4. The van der Waals surface area contributed by atoms with E-state index in [1.54, 1.807) is 6.92 Å². The summed E-state index contributed by atoms with van der Waals surface area (Å²) in [5, 5.41) is 5.23. The van der Waals surface area contributed by atoms with Crippen LogP contribution in [0.15, 0.2) is 24.3 Å². The van der Waals surface area contributed by atoms with Crippen molar-refractivity contribution in [2.45, 2.75) is 51.6 Å². The number of carbonyl (C=O) groups is 1. The molecular weight excluding hydrogens is 376 g/mol. The van der Waals surface area contributed by atoms with Gasteiger partial charge in [-0.15, -0.1) is 0 Å². The van der Waals surface area contributed by atoms with E-state index in [1.165, 1.54) is 41.8 Å². The summed E-state index contributed by atoms with van der Waals surface area (Å²) in [6, 6.07) is 9.14. The molecule has 0 radical (unpaired) electrons. The fraction of sp³-hybridized carbons (Fsp3) is 0.583. The molecule has 1 aromatic carbocycles. The Bertz CT molecular complexity index is 974. The predicted molar refractivity (Wildman–Crippen MR) is 115 cm³/mol. The molecule has 1 aromatic heterocycles. The normalized spacial score (nSPS) is 25.9. The summed E-state index contributed by atoms with van der Waals surface area (Å²) in [5.74, 6) is 2.78. The van der Waals surface area contributed by atoms with Crippen LogP contribution >= 0.6 is 0 Å². The van der Waals surface area contributed by atoms with Gasteiger partial charge in [-0.3, -0.25) is 9.48 Å². The summed E-state index contributed by atoms with van der Waals surface area (Å²) in [6.45, 7) is 5.71. The first-order valence-electron chi connectivity index (χ1n) is 11.5. The van der Waals surface area contributed by atoms with Gasteiger partial charge < -0.3 is 14.5 Å². The molecule has 6 heteroatoms. The fourth-order valence-electron chi connectivity index (χ4n) is 5.64. The maximum absolute atomic E-state index is 12.2. The van der Waals surface area contributed by atoms with Gasteiger partial charge in [-0.1, -0.05) is 18.2 Å². The van der Waals surface area contributed by atoms with Crippen LogP contribution in [0, 0.1) is 11.8 Å². The van der Waals surface area contributed by atoms with Crippen LogP contribution in [-0.4, -0.2) is 46.9 Å². The van der Waals surface area contributed by atoms with Gasteiger partial charge in [0.2, 0.25) is 5.91 Å². The molecule has 1 saturated heterocycles. The first kappa shape index (κ1) is 18.4. The third kappa shape index (κ3) is 3.04. The molecule has 4 aliphatic rings. The van der Waals surface area contributed by atoms with E-state index in [2.05, 4.69) is 33.8 Å². The molecule has 6 rings (SSSR count). The standard InChI is InChI=1S/C24H30N4O2/c1-16(29)26-10-8-23-21(14-26)24(25-28(23)20-9-11-30-15-20)27-13-19(17-6-7-17)12-18-4-2-3-5-22(18)27/h2-5,17,19-20H,6-15H2,1H3/t19?,20-/m0/s1. The quantitative estimate of drug-likeness (QED) is 0.783. The molecule has 1 amide bonds. The highest BCUT2D eigenvalue weighted by atomic mass is 16.5. The molecule has 2 atom stereocenters. The number of hydrogen-bond acceptors (Lipinski definition) is 4. The van der Waals surface area contributed by atoms with E-state index in [0.717, 1.165) is 50.9 Å². The highest BCUT2D eigenvalue weighted by Crippen LogP contribution is 2.46. The number of para-hydroxylation sites is 1. The zero-order valence-corrected chi connectivity index (χ0v) is 17.7. The highest BCUT2D eigenvalue weighted by Gasteiger charge is 2.39. The van der Waals surface area contributed by atoms with Crippen LogP contribution in [0.1, 0.15) is 49.0 Å². The minimum absolute atomic E-state index is 0.151. The summed E-state index contributed by atoms with van der Waals surface area (Å²) < 4.78 is 7.94. The van der Waals surface area contributed by atoms with Crippen LogP contribution in [0.5, 0.6) is 0 Å². The summed E-state index contributed by atoms with van der Waals surface area (Å²) in [5.41, 5.74) is 5.29. The van der Waals surface area contributed by atoms with Crippen molar-refractivity contribution in [1.29, 1.82) is 0 Å². The minimum atomic E-state index is 0.151. The van der Waals surface area contributed by atoms with E-state index in [1.807, 2.05) is 4.90 Å². The molecular formula is C24H30N4O2. The Kier molecular flexibility index (Phi) is 4.37. The fourth-order valence-corrected chi connectivity index (χ4v) is 5.64. The van der Waals surface area contributed by atoms with Crippen LogP contribution in [0.3, 0.4) is 0 Å². The second kappa shape index (κ2) is 7.12. The summed E-state index contributed by atoms with van der Waals surface area (Å²) in [4.78, 5) is 16.6. The van der Waals surface area contributed by atoms with E-state index < -0.39 is 0 Å². The molecule has 1 saturated carbocycles. The topological polar surface area (TPSA) is 50.6 Å². The maximum atomic E-state index is 12.2. The van der Waals surface area contributed by atoms with Gasteiger partial charge in [0.1, 0.15) is 0 Å². The average Bonchev–Trinajstić information content (AvgIpc) is 3.34. The number of hydrogen-bond donors (Lipinski definition) is 0. The molecule has 0 bridgehead atoms. The van der Waals surface area contributed by atoms with Crippen LogP contribution in [0.4, 0.5) is 11.5 Å². The van der Waals surface area contributed by atoms with Crippen molar-refractivity contribution in [2.75, 3.05) is 31.2 Å². The monoisotopic (exact) mass is 406 g/mol. The van der Waals surface area contributed by atoms with Crippen molar-refractivity contribution in [3.05, 3.63) is 41.1 Å². The van der Waals surface area contributed by atoms with E-state index in [-0.39, 0.29) is 5.91 Å². The maximum Gasteiger partial charge on any atom is 0.219 e. The third-order valence-corrected chi connectivity index (χ3v) is 7.49. The number of aromatic nitrogens is 2. The Hall–Kier alpha value is -2.34. The second-order valence-electron chi connectivity index (χ2n) is 9.44. The van der Waals surface area contributed by atoms with Crippen molar-refractivity contribution in [1.82, 2.24) is 14.7 Å². The lowest BCUT2D eigenvalue weighted by atomic mass is 9.88. The summed E-state index contributed by atoms with van der Waals surface area (Å²) >= 11 is 0. The Morgan fingerprint density at radius 1 is 1.17 bits per heavy atom. The zero-order valence-electron chi connectivity index (χ0n) is 17.7. The van der Waals surface area contributed by atoms with Gasteiger partial charge in [-0.05, 0) is 49.1 Å². The lowest BCUT2D eigenvalue weighted by Crippen LogP contribution is -2.37. The number of rotatable bonds is 3. The smallest absolute Gasteiger partial charge is 0.219 e. The number of amides is 1. The van der Waals surface area contributed by atoms with E-state index in [9.17, 15) is 4.79 Å². The van der Waals surface area contributed by atoms with Gasteiger partial charge in [0.05, 0.1) is 19.2 Å². The first-order valence-corrected chi connectivity index (χ1v) is 11.5. The number of carbonyl (C=O) groups excluding carboxylic acids is 1. The SMILES string of the molecule is CC(=O)N1CCc2c(c(N3CC(C4CC4)Cc4ccccc43)nn2[C@H]2CCOC2)C1. The number of anilines is 2. The van der Waals surface area contributed by atoms with Gasteiger partial charge in [0, 0.05) is 50.0 Å². The van der Waals surface area contributed by atoms with Crippen LogP contribution in [0.2, 0.25) is 0 Å². The molecule has 2 aromatic rings. The molecule has 30 heavy (non-hydrogen) atoms. The Morgan fingerprint density at radius 2 is 2.03 bits per heavy atom. The van der Waals surface area contributed by atoms with Gasteiger partial charge in [-0.25, -0.2) is 0 Å². The number of ether oxygens (including phenoxy) is 1. The molecule has 2 fully saturated rings. The molecule has 0 spiro atoms. The molecule has 1 unspecified atom stereocenters. The van der Waals surface area contributed by atoms with E-state index in [0.29, 0.717) is 18.5 Å². The molecule has 3 aliphatic heterocycles. The molecule has 0 N–H and O–H groups in total. The van der Waals surface area contributed by atoms with Gasteiger partial charge >= 0.3 is 0 Å². The van der Waals surface area contributed by atoms with E-state index in [4.69, 9.17) is 9.84 Å². The first-order chi connectivity index (χ1) is 14.7. The van der Waals surface area contributed by atoms with Gasteiger partial charge in [-0.2, -0.15) is 5.10 Å². The van der Waals surface area contributed by atoms with Gasteiger partial charge in [0.15, 0.2) is 5.82 Å². The minimum Gasteiger partial charge on any atom is -0.379 e. The Balaban J connectivity index is 1.46. The van der Waals surface area contributed by atoms with Crippen LogP contribution < -0.4 is 4.90 Å². The number of benzene rings is 1. The lowest BCUT2D eigenvalue weighted by Gasteiger charge is -2.36. The summed E-state index contributed by atoms with van der Waals surface area (Å²) in [7, 11) is 0. The van der Waals surface area contributed by atoms with Gasteiger partial charge in [0.25, 0.3) is 0 Å². The largest absolute Gasteiger partial charge is 0.379 e. The molecule has 158 valence electrons. The van der Waals surface area contributed by atoms with E-state index >= 15 is 0 Å². The van der Waals surface area contributed by atoms with Crippen LogP contribution in [-0.2, 0) is 28.9 Å². The van der Waals surface area contributed by atoms with Crippen molar-refractivity contribution in [2.24, 2.45) is 11.8 Å². The lowest BCUT2D eigenvalue weighted by molar-refractivity contribution is -0.129. The summed E-state index contributed by atoms with van der Waals surface area (Å²) in [6.07, 6.45) is 5.80. The Morgan fingerprint density at radius 3 is 2.80 bits per heavy atom. The molecule has 4 heterocycles. The van der Waals surface area contributed by atoms with Crippen molar-refractivity contribution < 1.29 is 9.53 Å². The highest BCUT2D eigenvalue weighted by molar-refractivity contribution is 5.75. The second-order valence-corrected chi connectivity index (χ2v) is 9.44. The average molecular weight is 407 g/mol. The van der Waals surface area contributed by atoms with Crippen molar-refractivity contribution in [3.63, 3.8) is 0 Å². The van der Waals surface area contributed by atoms with Crippen LogP contribution in [0.25, 0.3) is 0 Å². The Labute approximate surface area is 177 Å². The van der Waals surface area contributed by atoms with Crippen molar-refractivity contribution in [3.8, 4) is 0 Å². The molecule has 6 nitrogen and oxygen atoms in total. The molecule has 1 aliphatic carbocycles. The predicted octanol–water partition coefficient (Wildman–Crippen LogP) is 3.47. The zero-order chi connectivity index (χ0) is 20.2. The number of fused-ring (bicyclic) bond motifs is 2. The van der Waals surface area contributed by atoms with Crippen molar-refractivity contribution >= 4 is 17.4 Å². The third-order valence-electron chi connectivity index (χ3n) is 7.49.